The summed E-state index contributed by atoms with van der Waals surface area (Å²) in [5.74, 6) is -1.64. The van der Waals surface area contributed by atoms with Crippen LogP contribution in [-0.4, -0.2) is 59.8 Å². The number of carboxylic acid groups (broad SMARTS) is 1. The summed E-state index contributed by atoms with van der Waals surface area (Å²) in [5, 5.41) is 18.4. The lowest BCUT2D eigenvalue weighted by Gasteiger charge is -2.16. The van der Waals surface area contributed by atoms with Crippen LogP contribution in [-0.2, 0) is 14.2 Å². The molecule has 1 aromatic carbocycles. The molecule has 7 nitrogen and oxygen atoms in total. The minimum absolute atomic E-state index is 0.0954. The van der Waals surface area contributed by atoms with Gasteiger partial charge in [0.1, 0.15) is 18.3 Å². The van der Waals surface area contributed by atoms with E-state index >= 15 is 0 Å². The molecule has 112 valence electrons. The highest BCUT2D eigenvalue weighted by Crippen LogP contribution is 2.29. The molecule has 0 bridgehead atoms. The second-order valence-corrected chi connectivity index (χ2v) is 4.99. The molecule has 2 saturated heterocycles. The van der Waals surface area contributed by atoms with Gasteiger partial charge in [-0.1, -0.05) is 0 Å². The Labute approximate surface area is 120 Å². The van der Waals surface area contributed by atoms with Crippen LogP contribution < -0.4 is 0 Å². The standard InChI is InChI=1S/C14H14O7/c15-9-5-19-12-10(6-20-11(9)12)21-14(18)8-3-1-7(2-4-8)13(16)17/h1-4,9-12,15H,5-6H2,(H,16,17)/t9-,10+,11+,12+/m0/s1. The van der Waals surface area contributed by atoms with E-state index in [0.717, 1.165) is 0 Å². The molecule has 0 saturated carbocycles. The van der Waals surface area contributed by atoms with Crippen LogP contribution in [0.25, 0.3) is 0 Å². The van der Waals surface area contributed by atoms with Gasteiger partial charge in [0.05, 0.1) is 24.3 Å². The average molecular weight is 294 g/mol. The Kier molecular flexibility index (Phi) is 3.62. The molecular weight excluding hydrogens is 280 g/mol. The fourth-order valence-electron chi connectivity index (χ4n) is 2.50. The third-order valence-corrected chi connectivity index (χ3v) is 3.61. The number of ether oxygens (including phenoxy) is 3. The Morgan fingerprint density at radius 3 is 2.33 bits per heavy atom. The Bertz CT molecular complexity index is 553. The van der Waals surface area contributed by atoms with Crippen molar-refractivity contribution in [3.05, 3.63) is 35.4 Å². The van der Waals surface area contributed by atoms with Crippen molar-refractivity contribution in [1.29, 1.82) is 0 Å². The van der Waals surface area contributed by atoms with Gasteiger partial charge in [0.2, 0.25) is 0 Å². The van der Waals surface area contributed by atoms with E-state index in [-0.39, 0.29) is 24.3 Å². The summed E-state index contributed by atoms with van der Waals surface area (Å²) in [4.78, 5) is 22.8. The second kappa shape index (κ2) is 5.44. The summed E-state index contributed by atoms with van der Waals surface area (Å²) in [5.41, 5.74) is 0.347. The number of carbonyl (C=O) groups is 2. The maximum atomic E-state index is 12.0. The lowest BCUT2D eigenvalue weighted by Crippen LogP contribution is -2.34. The lowest BCUT2D eigenvalue weighted by atomic mass is 10.1. The number of hydrogen-bond acceptors (Lipinski definition) is 6. The highest BCUT2D eigenvalue weighted by molar-refractivity contribution is 5.92. The SMILES string of the molecule is O=C(O)c1ccc(C(=O)O[C@@H]2CO[C@H]3[C@@H]2OC[C@@H]3O)cc1. The molecular formula is C14H14O7. The summed E-state index contributed by atoms with van der Waals surface area (Å²) in [7, 11) is 0. The number of aliphatic hydroxyl groups is 1. The number of benzene rings is 1. The van der Waals surface area contributed by atoms with Crippen molar-refractivity contribution in [2.45, 2.75) is 24.4 Å². The minimum Gasteiger partial charge on any atom is -0.478 e. The molecule has 4 atom stereocenters. The van der Waals surface area contributed by atoms with Crippen LogP contribution in [0.15, 0.2) is 24.3 Å². The van der Waals surface area contributed by atoms with Crippen molar-refractivity contribution < 1.29 is 34.0 Å². The fraction of sp³-hybridized carbons (Fsp3) is 0.429. The van der Waals surface area contributed by atoms with Crippen molar-refractivity contribution in [3.8, 4) is 0 Å². The van der Waals surface area contributed by atoms with Crippen molar-refractivity contribution in [2.75, 3.05) is 13.2 Å². The number of carboxylic acids is 1. The first-order valence-corrected chi connectivity index (χ1v) is 6.52. The molecule has 1 aromatic rings. The van der Waals surface area contributed by atoms with Gasteiger partial charge in [-0.2, -0.15) is 0 Å². The van der Waals surface area contributed by atoms with Crippen LogP contribution in [0.5, 0.6) is 0 Å². The molecule has 2 N–H and O–H groups in total. The summed E-state index contributed by atoms with van der Waals surface area (Å²) in [6.45, 7) is 0.335. The quantitative estimate of drug-likeness (QED) is 0.760. The molecule has 2 fully saturated rings. The van der Waals surface area contributed by atoms with Crippen LogP contribution in [0.1, 0.15) is 20.7 Å². The Hall–Kier alpha value is -1.96. The molecule has 3 rings (SSSR count). The summed E-state index contributed by atoms with van der Waals surface area (Å²) in [6.07, 6.45) is -2.19. The molecule has 0 amide bonds. The number of fused-ring (bicyclic) bond motifs is 1. The van der Waals surface area contributed by atoms with Gasteiger partial charge < -0.3 is 24.4 Å². The predicted octanol–water partition coefficient (Wildman–Crippen LogP) is 0.0687. The number of rotatable bonds is 3. The van der Waals surface area contributed by atoms with E-state index in [1.165, 1.54) is 24.3 Å². The Morgan fingerprint density at radius 1 is 1.05 bits per heavy atom. The zero-order valence-corrected chi connectivity index (χ0v) is 11.0. The van der Waals surface area contributed by atoms with Gasteiger partial charge in [0.25, 0.3) is 0 Å². The average Bonchev–Trinajstić information content (AvgIpc) is 3.03. The van der Waals surface area contributed by atoms with Crippen LogP contribution in [0.2, 0.25) is 0 Å². The van der Waals surface area contributed by atoms with Crippen LogP contribution in [0.4, 0.5) is 0 Å². The molecule has 0 unspecified atom stereocenters. The van der Waals surface area contributed by atoms with Crippen molar-refractivity contribution in [3.63, 3.8) is 0 Å². The predicted molar refractivity (Wildman–Crippen MR) is 68.1 cm³/mol. The first kappa shape index (κ1) is 14.0. The van der Waals surface area contributed by atoms with Crippen LogP contribution >= 0.6 is 0 Å². The largest absolute Gasteiger partial charge is 0.478 e. The number of hydrogen-bond donors (Lipinski definition) is 2. The van der Waals surface area contributed by atoms with Crippen molar-refractivity contribution in [2.24, 2.45) is 0 Å². The zero-order chi connectivity index (χ0) is 15.0. The summed E-state index contributed by atoms with van der Waals surface area (Å²) < 4.78 is 16.0. The first-order valence-electron chi connectivity index (χ1n) is 6.52. The molecule has 0 aliphatic carbocycles. The van der Waals surface area contributed by atoms with Gasteiger partial charge in [-0.3, -0.25) is 0 Å². The number of carbonyl (C=O) groups excluding carboxylic acids is 1. The topological polar surface area (TPSA) is 102 Å². The van der Waals surface area contributed by atoms with Crippen LogP contribution in [0, 0.1) is 0 Å². The smallest absolute Gasteiger partial charge is 0.338 e. The molecule has 2 aliphatic rings. The molecule has 0 aromatic heterocycles. The first-order chi connectivity index (χ1) is 10.1. The maximum absolute atomic E-state index is 12.0. The normalized spacial score (nSPS) is 30.9. The van der Waals surface area contributed by atoms with E-state index in [1.807, 2.05) is 0 Å². The molecule has 0 radical (unpaired) electrons. The fourth-order valence-corrected chi connectivity index (χ4v) is 2.50. The van der Waals surface area contributed by atoms with Gasteiger partial charge in [-0.25, -0.2) is 9.59 Å². The number of esters is 1. The molecule has 7 heteroatoms. The lowest BCUT2D eigenvalue weighted by molar-refractivity contribution is -0.0209. The Morgan fingerprint density at radius 2 is 1.67 bits per heavy atom. The van der Waals surface area contributed by atoms with E-state index in [4.69, 9.17) is 19.3 Å². The Balaban J connectivity index is 1.65. The minimum atomic E-state index is -1.06. The van der Waals surface area contributed by atoms with E-state index < -0.39 is 36.4 Å². The third-order valence-electron chi connectivity index (χ3n) is 3.61. The monoisotopic (exact) mass is 294 g/mol. The molecule has 2 aliphatic heterocycles. The second-order valence-electron chi connectivity index (χ2n) is 4.99. The third kappa shape index (κ3) is 2.63. The summed E-state index contributed by atoms with van der Waals surface area (Å²) >= 11 is 0. The number of aromatic carboxylic acids is 1. The maximum Gasteiger partial charge on any atom is 0.338 e. The van der Waals surface area contributed by atoms with Gasteiger partial charge in [-0.15, -0.1) is 0 Å². The van der Waals surface area contributed by atoms with Crippen molar-refractivity contribution >= 4 is 11.9 Å². The molecule has 0 spiro atoms. The van der Waals surface area contributed by atoms with Gasteiger partial charge in [0.15, 0.2) is 6.10 Å². The zero-order valence-electron chi connectivity index (χ0n) is 11.0. The van der Waals surface area contributed by atoms with Gasteiger partial charge in [0, 0.05) is 0 Å². The molecule has 2 heterocycles. The molecule has 21 heavy (non-hydrogen) atoms. The van der Waals surface area contributed by atoms with E-state index in [0.29, 0.717) is 0 Å². The highest BCUT2D eigenvalue weighted by Gasteiger charge is 2.48. The number of aliphatic hydroxyl groups excluding tert-OH is 1. The van der Waals surface area contributed by atoms with E-state index in [9.17, 15) is 14.7 Å². The van der Waals surface area contributed by atoms with Crippen molar-refractivity contribution in [1.82, 2.24) is 0 Å². The van der Waals surface area contributed by atoms with Crippen LogP contribution in [0.3, 0.4) is 0 Å². The van der Waals surface area contributed by atoms with E-state index in [2.05, 4.69) is 0 Å². The van der Waals surface area contributed by atoms with Gasteiger partial charge in [-0.05, 0) is 24.3 Å². The van der Waals surface area contributed by atoms with E-state index in [1.54, 1.807) is 0 Å². The van der Waals surface area contributed by atoms with Gasteiger partial charge >= 0.3 is 11.9 Å². The summed E-state index contributed by atoms with van der Waals surface area (Å²) in [6, 6.07) is 5.46. The highest BCUT2D eigenvalue weighted by atomic mass is 16.6.